The van der Waals surface area contributed by atoms with Crippen LogP contribution >= 0.6 is 11.6 Å². The van der Waals surface area contributed by atoms with Crippen molar-refractivity contribution >= 4 is 11.6 Å². The third-order valence-electron chi connectivity index (χ3n) is 2.95. The first kappa shape index (κ1) is 16.5. The van der Waals surface area contributed by atoms with Crippen LogP contribution in [-0.4, -0.2) is 7.11 Å². The lowest BCUT2D eigenvalue weighted by molar-refractivity contribution is 0.410. The van der Waals surface area contributed by atoms with Crippen LogP contribution in [0.1, 0.15) is 25.0 Å². The highest BCUT2D eigenvalue weighted by molar-refractivity contribution is 6.31. The number of aryl methyl sites for hydroxylation is 2. The van der Waals surface area contributed by atoms with Crippen LogP contribution in [0.15, 0.2) is 30.3 Å². The number of benzene rings is 2. The first-order valence-corrected chi connectivity index (χ1v) is 7.01. The Labute approximate surface area is 125 Å². The van der Waals surface area contributed by atoms with E-state index in [4.69, 9.17) is 16.3 Å². The van der Waals surface area contributed by atoms with Gasteiger partial charge in [0.05, 0.1) is 7.11 Å². The van der Waals surface area contributed by atoms with Crippen molar-refractivity contribution < 1.29 is 9.13 Å². The van der Waals surface area contributed by atoms with E-state index in [1.807, 2.05) is 39.8 Å². The molecule has 0 aliphatic carbocycles. The van der Waals surface area contributed by atoms with Crippen molar-refractivity contribution in [1.82, 2.24) is 0 Å². The highest BCUT2D eigenvalue weighted by Gasteiger charge is 2.10. The van der Waals surface area contributed by atoms with Gasteiger partial charge >= 0.3 is 0 Å². The zero-order valence-corrected chi connectivity index (χ0v) is 13.3. The predicted molar refractivity (Wildman–Crippen MR) is 84.2 cm³/mol. The van der Waals surface area contributed by atoms with Crippen LogP contribution in [0, 0.1) is 19.7 Å². The molecule has 2 aromatic carbocycles. The van der Waals surface area contributed by atoms with E-state index in [-0.39, 0.29) is 5.82 Å². The van der Waals surface area contributed by atoms with Crippen molar-refractivity contribution in [2.75, 3.05) is 7.11 Å². The minimum atomic E-state index is -0.255. The quantitative estimate of drug-likeness (QED) is 0.680. The Hall–Kier alpha value is -1.54. The molecule has 108 valence electrons. The topological polar surface area (TPSA) is 9.23 Å². The molecule has 0 saturated heterocycles. The van der Waals surface area contributed by atoms with E-state index in [0.717, 1.165) is 16.7 Å². The van der Waals surface area contributed by atoms with Crippen LogP contribution in [0.4, 0.5) is 4.39 Å². The van der Waals surface area contributed by atoms with Crippen LogP contribution in [0.25, 0.3) is 11.1 Å². The molecule has 0 saturated carbocycles. The van der Waals surface area contributed by atoms with Gasteiger partial charge in [0.1, 0.15) is 11.6 Å². The average Bonchev–Trinajstić information content (AvgIpc) is 2.44. The lowest BCUT2D eigenvalue weighted by Crippen LogP contribution is -1.92. The Kier molecular flexibility index (Phi) is 6.03. The zero-order chi connectivity index (χ0) is 15.3. The highest BCUT2D eigenvalue weighted by Crippen LogP contribution is 2.31. The second-order valence-electron chi connectivity index (χ2n) is 4.27. The fourth-order valence-corrected chi connectivity index (χ4v) is 2.02. The molecule has 0 fully saturated rings. The van der Waals surface area contributed by atoms with E-state index in [9.17, 15) is 4.39 Å². The summed E-state index contributed by atoms with van der Waals surface area (Å²) in [4.78, 5) is 0. The van der Waals surface area contributed by atoms with Gasteiger partial charge in [0.15, 0.2) is 0 Å². The Bertz CT molecular complexity index is 594. The molecule has 20 heavy (non-hydrogen) atoms. The number of hydrogen-bond donors (Lipinski definition) is 0. The summed E-state index contributed by atoms with van der Waals surface area (Å²) in [6.07, 6.45) is 0. The average molecular weight is 295 g/mol. The number of hydrogen-bond acceptors (Lipinski definition) is 1. The minimum Gasteiger partial charge on any atom is -0.496 e. The van der Waals surface area contributed by atoms with Crippen molar-refractivity contribution in [2.24, 2.45) is 0 Å². The second kappa shape index (κ2) is 7.30. The lowest BCUT2D eigenvalue weighted by Gasteiger charge is -2.10. The molecule has 0 N–H and O–H groups in total. The van der Waals surface area contributed by atoms with Crippen LogP contribution < -0.4 is 4.74 Å². The molecular formula is C17H20ClFO. The molecule has 0 unspecified atom stereocenters. The molecule has 2 aromatic rings. The molecule has 0 spiro atoms. The molecule has 0 aliphatic heterocycles. The highest BCUT2D eigenvalue weighted by atomic mass is 35.5. The maximum atomic E-state index is 14.0. The molecule has 0 aromatic heterocycles. The Morgan fingerprint density at radius 3 is 2.20 bits per heavy atom. The normalized spacial score (nSPS) is 9.75. The van der Waals surface area contributed by atoms with Crippen LogP contribution in [0.5, 0.6) is 5.75 Å². The summed E-state index contributed by atoms with van der Waals surface area (Å²) >= 11 is 5.97. The number of methoxy groups -OCH3 is 1. The van der Waals surface area contributed by atoms with E-state index in [0.29, 0.717) is 16.3 Å². The second-order valence-corrected chi connectivity index (χ2v) is 4.67. The van der Waals surface area contributed by atoms with E-state index in [2.05, 4.69) is 0 Å². The maximum Gasteiger partial charge on any atom is 0.131 e. The Morgan fingerprint density at radius 2 is 1.65 bits per heavy atom. The SMILES string of the molecule is CC.COc1cc(-c2ccc(Cl)c(C)c2)c(F)cc1C. The predicted octanol–water partition coefficient (Wildman–Crippen LogP) is 5.80. The fourth-order valence-electron chi connectivity index (χ4n) is 1.91. The van der Waals surface area contributed by atoms with Gasteiger partial charge in [-0.05, 0) is 54.8 Å². The molecule has 0 aliphatic rings. The summed E-state index contributed by atoms with van der Waals surface area (Å²) in [5.74, 6) is 0.425. The molecule has 3 heteroatoms. The standard InChI is InChI=1S/C15H14ClFO.C2H6/c1-9-6-11(4-5-13(9)16)12-8-15(18-3)10(2)7-14(12)17;1-2/h4-8H,1-3H3;1-2H3. The van der Waals surface area contributed by atoms with Crippen LogP contribution in [0.2, 0.25) is 5.02 Å². The molecule has 0 radical (unpaired) electrons. The van der Waals surface area contributed by atoms with Gasteiger partial charge in [-0.3, -0.25) is 0 Å². The molecule has 0 bridgehead atoms. The molecule has 0 heterocycles. The molecule has 0 atom stereocenters. The summed E-state index contributed by atoms with van der Waals surface area (Å²) in [6, 6.07) is 8.65. The van der Waals surface area contributed by atoms with E-state index >= 15 is 0 Å². The van der Waals surface area contributed by atoms with Crippen molar-refractivity contribution in [2.45, 2.75) is 27.7 Å². The van der Waals surface area contributed by atoms with Gasteiger partial charge < -0.3 is 4.74 Å². The van der Waals surface area contributed by atoms with Crippen LogP contribution in [0.3, 0.4) is 0 Å². The third kappa shape index (κ3) is 3.51. The first-order valence-electron chi connectivity index (χ1n) is 6.63. The van der Waals surface area contributed by atoms with Crippen molar-refractivity contribution in [1.29, 1.82) is 0 Å². The van der Waals surface area contributed by atoms with Gasteiger partial charge in [-0.25, -0.2) is 4.39 Å². The summed E-state index contributed by atoms with van der Waals surface area (Å²) in [7, 11) is 1.58. The number of ether oxygens (including phenoxy) is 1. The van der Waals surface area contributed by atoms with E-state index in [1.165, 1.54) is 6.07 Å². The van der Waals surface area contributed by atoms with Gasteiger partial charge in [0.2, 0.25) is 0 Å². The smallest absolute Gasteiger partial charge is 0.131 e. The van der Waals surface area contributed by atoms with Crippen LogP contribution in [-0.2, 0) is 0 Å². The fraction of sp³-hybridized carbons (Fsp3) is 0.294. The largest absolute Gasteiger partial charge is 0.496 e. The van der Waals surface area contributed by atoms with E-state index in [1.54, 1.807) is 19.2 Å². The summed E-state index contributed by atoms with van der Waals surface area (Å²) in [6.45, 7) is 7.72. The molecule has 0 amide bonds. The minimum absolute atomic E-state index is 0.255. The third-order valence-corrected chi connectivity index (χ3v) is 3.38. The van der Waals surface area contributed by atoms with Gasteiger partial charge in [-0.15, -0.1) is 0 Å². The zero-order valence-electron chi connectivity index (χ0n) is 12.6. The molecule has 2 rings (SSSR count). The Balaban J connectivity index is 0.000000956. The Morgan fingerprint density at radius 1 is 1.00 bits per heavy atom. The first-order chi connectivity index (χ1) is 9.52. The summed E-state index contributed by atoms with van der Waals surface area (Å²) in [5.41, 5.74) is 3.03. The summed E-state index contributed by atoms with van der Waals surface area (Å²) < 4.78 is 19.2. The summed E-state index contributed by atoms with van der Waals surface area (Å²) in [5, 5.41) is 0.679. The van der Waals surface area contributed by atoms with Gasteiger partial charge in [-0.1, -0.05) is 31.5 Å². The van der Waals surface area contributed by atoms with Crippen molar-refractivity contribution in [3.8, 4) is 16.9 Å². The molecule has 1 nitrogen and oxygen atoms in total. The number of rotatable bonds is 2. The van der Waals surface area contributed by atoms with E-state index < -0.39 is 0 Å². The molecular weight excluding hydrogens is 275 g/mol. The van der Waals surface area contributed by atoms with Gasteiger partial charge in [-0.2, -0.15) is 0 Å². The number of halogens is 2. The van der Waals surface area contributed by atoms with Crippen molar-refractivity contribution in [3.63, 3.8) is 0 Å². The van der Waals surface area contributed by atoms with Gasteiger partial charge in [0.25, 0.3) is 0 Å². The monoisotopic (exact) mass is 294 g/mol. The maximum absolute atomic E-state index is 14.0. The van der Waals surface area contributed by atoms with Crippen molar-refractivity contribution in [3.05, 3.63) is 52.3 Å². The lowest BCUT2D eigenvalue weighted by atomic mass is 10.0. The van der Waals surface area contributed by atoms with Gasteiger partial charge in [0, 0.05) is 10.6 Å².